The average Bonchev–Trinajstić information content (AvgIpc) is 2.86. The fraction of sp³-hybridized carbons (Fsp3) is 0.462. The van der Waals surface area contributed by atoms with Gasteiger partial charge in [0.1, 0.15) is 0 Å². The lowest BCUT2D eigenvalue weighted by Gasteiger charge is -2.27. The minimum Gasteiger partial charge on any atom is -0.399 e. The summed E-state index contributed by atoms with van der Waals surface area (Å²) in [6, 6.07) is 5.36. The van der Waals surface area contributed by atoms with E-state index in [2.05, 4.69) is 36.3 Å². The summed E-state index contributed by atoms with van der Waals surface area (Å²) in [5.41, 5.74) is 7.15. The summed E-state index contributed by atoms with van der Waals surface area (Å²) >= 11 is 6.04. The molecule has 2 aromatic rings. The Morgan fingerprint density at radius 2 is 1.95 bits per heavy atom. The van der Waals surface area contributed by atoms with E-state index in [9.17, 15) is 0 Å². The molecule has 6 heteroatoms. The standard InChI is InChI=1S/C13H18ClN5/c1-4-13(3,5-2)19-12(16-17-18-19)9-6-10(14)8-11(15)7-9/h6-8H,4-5,15H2,1-3H3. The molecule has 102 valence electrons. The third-order valence-electron chi connectivity index (χ3n) is 3.68. The minimum atomic E-state index is -0.115. The lowest BCUT2D eigenvalue weighted by Crippen LogP contribution is -2.30. The van der Waals surface area contributed by atoms with Crippen LogP contribution in [0.1, 0.15) is 33.6 Å². The molecule has 0 aliphatic heterocycles. The number of benzene rings is 1. The predicted octanol–water partition coefficient (Wildman–Crippen LogP) is 3.11. The van der Waals surface area contributed by atoms with Crippen LogP contribution in [0.2, 0.25) is 5.02 Å². The van der Waals surface area contributed by atoms with E-state index in [0.717, 1.165) is 18.4 Å². The molecule has 0 amide bonds. The van der Waals surface area contributed by atoms with Crippen LogP contribution in [-0.2, 0) is 5.54 Å². The summed E-state index contributed by atoms with van der Waals surface area (Å²) in [5.74, 6) is 0.695. The highest BCUT2D eigenvalue weighted by Gasteiger charge is 2.27. The van der Waals surface area contributed by atoms with Gasteiger partial charge in [0.05, 0.1) is 5.54 Å². The van der Waals surface area contributed by atoms with E-state index in [-0.39, 0.29) is 5.54 Å². The second-order valence-electron chi connectivity index (χ2n) is 4.89. The monoisotopic (exact) mass is 279 g/mol. The van der Waals surface area contributed by atoms with E-state index in [4.69, 9.17) is 17.3 Å². The molecule has 0 saturated carbocycles. The van der Waals surface area contributed by atoms with E-state index in [0.29, 0.717) is 16.5 Å². The highest BCUT2D eigenvalue weighted by molar-refractivity contribution is 6.31. The Kier molecular flexibility index (Phi) is 3.75. The Hall–Kier alpha value is -1.62. The van der Waals surface area contributed by atoms with E-state index in [1.165, 1.54) is 0 Å². The fourth-order valence-electron chi connectivity index (χ4n) is 2.02. The van der Waals surface area contributed by atoms with E-state index >= 15 is 0 Å². The molecule has 5 nitrogen and oxygen atoms in total. The van der Waals surface area contributed by atoms with Crippen molar-refractivity contribution in [3.8, 4) is 11.4 Å². The first-order valence-corrected chi connectivity index (χ1v) is 6.73. The van der Waals surface area contributed by atoms with Gasteiger partial charge in [0.25, 0.3) is 0 Å². The SMILES string of the molecule is CCC(C)(CC)n1nnnc1-c1cc(N)cc(Cl)c1. The first-order valence-electron chi connectivity index (χ1n) is 6.35. The number of hydrogen-bond acceptors (Lipinski definition) is 4. The highest BCUT2D eigenvalue weighted by Crippen LogP contribution is 2.30. The zero-order valence-electron chi connectivity index (χ0n) is 11.4. The van der Waals surface area contributed by atoms with Crippen molar-refractivity contribution >= 4 is 17.3 Å². The number of halogens is 1. The van der Waals surface area contributed by atoms with Crippen molar-refractivity contribution in [3.63, 3.8) is 0 Å². The van der Waals surface area contributed by atoms with Crippen molar-refractivity contribution < 1.29 is 0 Å². The lowest BCUT2D eigenvalue weighted by molar-refractivity contribution is 0.262. The van der Waals surface area contributed by atoms with Crippen molar-refractivity contribution in [2.45, 2.75) is 39.2 Å². The van der Waals surface area contributed by atoms with Gasteiger partial charge in [-0.1, -0.05) is 25.4 Å². The van der Waals surface area contributed by atoms with Crippen LogP contribution in [0.3, 0.4) is 0 Å². The van der Waals surface area contributed by atoms with Gasteiger partial charge in [-0.3, -0.25) is 0 Å². The van der Waals surface area contributed by atoms with Crippen LogP contribution in [-0.4, -0.2) is 20.2 Å². The number of nitrogen functional groups attached to an aromatic ring is 1. The Labute approximate surface area is 117 Å². The number of tetrazole rings is 1. The molecule has 0 atom stereocenters. The van der Waals surface area contributed by atoms with Gasteiger partial charge in [-0.15, -0.1) is 5.10 Å². The zero-order valence-corrected chi connectivity index (χ0v) is 12.1. The summed E-state index contributed by atoms with van der Waals surface area (Å²) < 4.78 is 1.86. The van der Waals surface area contributed by atoms with Gasteiger partial charge < -0.3 is 5.73 Å². The van der Waals surface area contributed by atoms with Gasteiger partial charge in [0, 0.05) is 16.3 Å². The van der Waals surface area contributed by atoms with Crippen LogP contribution in [0.5, 0.6) is 0 Å². The van der Waals surface area contributed by atoms with Crippen molar-refractivity contribution in [2.24, 2.45) is 0 Å². The molecule has 1 aromatic carbocycles. The first-order chi connectivity index (χ1) is 9.00. The second kappa shape index (κ2) is 5.17. The summed E-state index contributed by atoms with van der Waals surface area (Å²) in [7, 11) is 0. The molecule has 0 aliphatic rings. The van der Waals surface area contributed by atoms with Crippen molar-refractivity contribution in [1.82, 2.24) is 20.2 Å². The van der Waals surface area contributed by atoms with Crippen LogP contribution in [0.15, 0.2) is 18.2 Å². The van der Waals surface area contributed by atoms with Gasteiger partial charge in [-0.2, -0.15) is 0 Å². The van der Waals surface area contributed by atoms with Crippen LogP contribution in [0.25, 0.3) is 11.4 Å². The van der Waals surface area contributed by atoms with Gasteiger partial charge in [-0.25, -0.2) is 4.68 Å². The van der Waals surface area contributed by atoms with E-state index in [1.54, 1.807) is 6.07 Å². The number of rotatable bonds is 4. The topological polar surface area (TPSA) is 69.6 Å². The molecule has 19 heavy (non-hydrogen) atoms. The quantitative estimate of drug-likeness (QED) is 0.873. The van der Waals surface area contributed by atoms with Crippen LogP contribution >= 0.6 is 11.6 Å². The Morgan fingerprint density at radius 1 is 1.26 bits per heavy atom. The second-order valence-corrected chi connectivity index (χ2v) is 5.33. The summed E-state index contributed by atoms with van der Waals surface area (Å²) in [4.78, 5) is 0. The van der Waals surface area contributed by atoms with Gasteiger partial charge in [0.15, 0.2) is 5.82 Å². The molecule has 0 fully saturated rings. The molecular formula is C13H18ClN5. The third kappa shape index (κ3) is 2.56. The number of anilines is 1. The lowest BCUT2D eigenvalue weighted by atomic mass is 9.95. The minimum absolute atomic E-state index is 0.115. The number of aromatic nitrogens is 4. The third-order valence-corrected chi connectivity index (χ3v) is 3.90. The fourth-order valence-corrected chi connectivity index (χ4v) is 2.27. The molecule has 0 unspecified atom stereocenters. The molecule has 1 heterocycles. The molecule has 0 bridgehead atoms. The Morgan fingerprint density at radius 3 is 2.53 bits per heavy atom. The maximum absolute atomic E-state index is 6.04. The summed E-state index contributed by atoms with van der Waals surface area (Å²) in [6.45, 7) is 6.39. The number of hydrogen-bond donors (Lipinski definition) is 1. The van der Waals surface area contributed by atoms with Crippen molar-refractivity contribution in [3.05, 3.63) is 23.2 Å². The molecular weight excluding hydrogens is 262 g/mol. The highest BCUT2D eigenvalue weighted by atomic mass is 35.5. The normalized spacial score (nSPS) is 11.8. The molecule has 0 saturated heterocycles. The molecule has 0 aliphatic carbocycles. The molecule has 2 rings (SSSR count). The Balaban J connectivity index is 2.56. The van der Waals surface area contributed by atoms with Crippen molar-refractivity contribution in [1.29, 1.82) is 0 Å². The molecule has 0 spiro atoms. The van der Waals surface area contributed by atoms with Crippen molar-refractivity contribution in [2.75, 3.05) is 5.73 Å². The smallest absolute Gasteiger partial charge is 0.182 e. The molecule has 1 aromatic heterocycles. The number of nitrogens with two attached hydrogens (primary N) is 1. The van der Waals surface area contributed by atoms with Gasteiger partial charge >= 0.3 is 0 Å². The van der Waals surface area contributed by atoms with E-state index < -0.39 is 0 Å². The first kappa shape index (κ1) is 13.8. The van der Waals surface area contributed by atoms with Crippen LogP contribution in [0.4, 0.5) is 5.69 Å². The molecule has 0 radical (unpaired) electrons. The van der Waals surface area contributed by atoms with Crippen LogP contribution < -0.4 is 5.73 Å². The summed E-state index contributed by atoms with van der Waals surface area (Å²) in [6.07, 6.45) is 1.88. The summed E-state index contributed by atoms with van der Waals surface area (Å²) in [5, 5.41) is 12.6. The zero-order chi connectivity index (χ0) is 14.0. The maximum atomic E-state index is 6.04. The average molecular weight is 280 g/mol. The van der Waals surface area contributed by atoms with Crippen LogP contribution in [0, 0.1) is 0 Å². The largest absolute Gasteiger partial charge is 0.399 e. The van der Waals surface area contributed by atoms with Gasteiger partial charge in [0.2, 0.25) is 0 Å². The number of nitrogens with zero attached hydrogens (tertiary/aromatic N) is 4. The maximum Gasteiger partial charge on any atom is 0.182 e. The van der Waals surface area contributed by atoms with Gasteiger partial charge in [-0.05, 0) is 48.4 Å². The predicted molar refractivity (Wildman–Crippen MR) is 76.9 cm³/mol. The Bertz CT molecular complexity index is 554. The molecule has 2 N–H and O–H groups in total. The van der Waals surface area contributed by atoms with E-state index in [1.807, 2.05) is 16.8 Å².